The summed E-state index contributed by atoms with van der Waals surface area (Å²) in [5.41, 5.74) is 4.04. The Balaban J connectivity index is 1.50. The maximum absolute atomic E-state index is 12.6. The summed E-state index contributed by atoms with van der Waals surface area (Å²) >= 11 is 0. The van der Waals surface area contributed by atoms with Gasteiger partial charge in [0, 0.05) is 37.0 Å². The van der Waals surface area contributed by atoms with Crippen LogP contribution >= 0.6 is 0 Å². The molecule has 1 aromatic heterocycles. The van der Waals surface area contributed by atoms with Crippen LogP contribution in [0.4, 0.5) is 0 Å². The van der Waals surface area contributed by atoms with Crippen LogP contribution in [0.25, 0.3) is 0 Å². The first kappa shape index (κ1) is 18.6. The van der Waals surface area contributed by atoms with Gasteiger partial charge < -0.3 is 9.64 Å². The Morgan fingerprint density at radius 3 is 2.67 bits per heavy atom. The van der Waals surface area contributed by atoms with Crippen molar-refractivity contribution in [2.75, 3.05) is 20.2 Å². The SMILES string of the molecule is COc1cccc(C(=O)N2CCC(C(=O)N/N=C/c3ccncc3)CC2)c1. The summed E-state index contributed by atoms with van der Waals surface area (Å²) in [4.78, 5) is 30.6. The monoisotopic (exact) mass is 366 g/mol. The molecule has 27 heavy (non-hydrogen) atoms. The molecule has 1 fully saturated rings. The molecule has 0 atom stereocenters. The normalized spacial score (nSPS) is 14.9. The van der Waals surface area contributed by atoms with Crippen LogP contribution < -0.4 is 10.2 Å². The number of pyridine rings is 1. The third kappa shape index (κ3) is 4.91. The van der Waals surface area contributed by atoms with E-state index in [1.54, 1.807) is 67.0 Å². The highest BCUT2D eigenvalue weighted by Gasteiger charge is 2.27. The smallest absolute Gasteiger partial charge is 0.253 e. The molecule has 7 heteroatoms. The van der Waals surface area contributed by atoms with Gasteiger partial charge in [0.15, 0.2) is 0 Å². The number of methoxy groups -OCH3 is 1. The minimum Gasteiger partial charge on any atom is -0.497 e. The summed E-state index contributed by atoms with van der Waals surface area (Å²) in [5.74, 6) is 0.355. The van der Waals surface area contributed by atoms with Gasteiger partial charge in [-0.15, -0.1) is 0 Å². The second kappa shape index (κ2) is 8.93. The third-order valence-corrected chi connectivity index (χ3v) is 4.56. The maximum atomic E-state index is 12.6. The van der Waals surface area contributed by atoms with Crippen molar-refractivity contribution in [2.45, 2.75) is 12.8 Å². The minimum atomic E-state index is -0.144. The lowest BCUT2D eigenvalue weighted by atomic mass is 9.95. The van der Waals surface area contributed by atoms with Crippen LogP contribution in [0, 0.1) is 5.92 Å². The lowest BCUT2D eigenvalue weighted by molar-refractivity contribution is -0.126. The van der Waals surface area contributed by atoms with E-state index in [1.807, 2.05) is 0 Å². The molecule has 1 aromatic carbocycles. The Bertz CT molecular complexity index is 815. The van der Waals surface area contributed by atoms with Gasteiger partial charge in [0.05, 0.1) is 13.3 Å². The first-order chi connectivity index (χ1) is 13.2. The molecule has 0 bridgehead atoms. The topological polar surface area (TPSA) is 83.9 Å². The molecule has 1 aliphatic rings. The van der Waals surface area contributed by atoms with Crippen LogP contribution in [-0.4, -0.2) is 48.1 Å². The van der Waals surface area contributed by atoms with Gasteiger partial charge in [-0.1, -0.05) is 6.07 Å². The molecule has 1 aliphatic heterocycles. The van der Waals surface area contributed by atoms with E-state index in [0.717, 1.165) is 5.56 Å². The van der Waals surface area contributed by atoms with Gasteiger partial charge in [0.25, 0.3) is 5.91 Å². The number of benzene rings is 1. The molecular formula is C20H22N4O3. The van der Waals surface area contributed by atoms with Gasteiger partial charge in [0.2, 0.25) is 5.91 Å². The Morgan fingerprint density at radius 1 is 1.22 bits per heavy atom. The molecule has 0 radical (unpaired) electrons. The zero-order valence-electron chi connectivity index (χ0n) is 15.2. The van der Waals surface area contributed by atoms with E-state index < -0.39 is 0 Å². The van der Waals surface area contributed by atoms with E-state index >= 15 is 0 Å². The standard InChI is InChI=1S/C20H22N4O3/c1-27-18-4-2-3-17(13-18)20(26)24-11-7-16(8-12-24)19(25)23-22-14-15-5-9-21-10-6-15/h2-6,9-10,13-14,16H,7-8,11-12H2,1H3,(H,23,25)/b22-14+. The second-order valence-electron chi connectivity index (χ2n) is 6.31. The summed E-state index contributed by atoms with van der Waals surface area (Å²) in [6, 6.07) is 10.7. The Morgan fingerprint density at radius 2 is 1.96 bits per heavy atom. The molecule has 1 saturated heterocycles. The van der Waals surface area contributed by atoms with Gasteiger partial charge in [-0.3, -0.25) is 14.6 Å². The average molecular weight is 366 g/mol. The first-order valence-electron chi connectivity index (χ1n) is 8.83. The molecule has 7 nitrogen and oxygen atoms in total. The number of piperidine rings is 1. The highest BCUT2D eigenvalue weighted by molar-refractivity contribution is 5.94. The van der Waals surface area contributed by atoms with Crippen molar-refractivity contribution in [3.63, 3.8) is 0 Å². The van der Waals surface area contributed by atoms with Crippen LogP contribution in [0.3, 0.4) is 0 Å². The van der Waals surface area contributed by atoms with Crippen LogP contribution in [0.1, 0.15) is 28.8 Å². The number of nitrogens with zero attached hydrogens (tertiary/aromatic N) is 3. The largest absolute Gasteiger partial charge is 0.497 e. The summed E-state index contributed by atoms with van der Waals surface area (Å²) < 4.78 is 5.17. The highest BCUT2D eigenvalue weighted by atomic mass is 16.5. The van der Waals surface area contributed by atoms with Gasteiger partial charge in [-0.05, 0) is 48.7 Å². The van der Waals surface area contributed by atoms with E-state index in [-0.39, 0.29) is 17.7 Å². The van der Waals surface area contributed by atoms with Crippen LogP contribution in [0.2, 0.25) is 0 Å². The van der Waals surface area contributed by atoms with Crippen molar-refractivity contribution in [2.24, 2.45) is 11.0 Å². The first-order valence-corrected chi connectivity index (χ1v) is 8.83. The zero-order chi connectivity index (χ0) is 19.1. The summed E-state index contributed by atoms with van der Waals surface area (Å²) in [6.07, 6.45) is 6.15. The van der Waals surface area contributed by atoms with Gasteiger partial charge in [-0.25, -0.2) is 5.43 Å². The van der Waals surface area contributed by atoms with E-state index in [2.05, 4.69) is 15.5 Å². The maximum Gasteiger partial charge on any atom is 0.253 e. The second-order valence-corrected chi connectivity index (χ2v) is 6.31. The lowest BCUT2D eigenvalue weighted by Crippen LogP contribution is -2.42. The average Bonchev–Trinajstić information content (AvgIpc) is 2.74. The fraction of sp³-hybridized carbons (Fsp3) is 0.300. The van der Waals surface area contributed by atoms with Crippen molar-refractivity contribution < 1.29 is 14.3 Å². The number of likely N-dealkylation sites (tertiary alicyclic amines) is 1. The van der Waals surface area contributed by atoms with E-state index in [0.29, 0.717) is 37.2 Å². The van der Waals surface area contributed by atoms with Crippen molar-refractivity contribution in [1.29, 1.82) is 0 Å². The Hall–Kier alpha value is -3.22. The molecular weight excluding hydrogens is 344 g/mol. The molecule has 0 saturated carbocycles. The number of hydrogen-bond donors (Lipinski definition) is 1. The number of amides is 2. The fourth-order valence-electron chi connectivity index (χ4n) is 2.99. The molecule has 2 amide bonds. The van der Waals surface area contributed by atoms with E-state index in [4.69, 9.17) is 4.74 Å². The number of hydrazone groups is 1. The minimum absolute atomic E-state index is 0.0385. The molecule has 0 unspecified atom stereocenters. The number of carbonyl (C=O) groups excluding carboxylic acids is 2. The van der Waals surface area contributed by atoms with Crippen molar-refractivity contribution in [1.82, 2.24) is 15.3 Å². The molecule has 140 valence electrons. The number of carbonyl (C=O) groups is 2. The lowest BCUT2D eigenvalue weighted by Gasteiger charge is -2.31. The third-order valence-electron chi connectivity index (χ3n) is 4.56. The molecule has 0 aliphatic carbocycles. The van der Waals surface area contributed by atoms with Crippen LogP contribution in [0.15, 0.2) is 53.9 Å². The predicted molar refractivity (Wildman–Crippen MR) is 102 cm³/mol. The van der Waals surface area contributed by atoms with E-state index in [9.17, 15) is 9.59 Å². The van der Waals surface area contributed by atoms with Crippen molar-refractivity contribution >= 4 is 18.0 Å². The quantitative estimate of drug-likeness (QED) is 0.649. The fourth-order valence-corrected chi connectivity index (χ4v) is 2.99. The van der Waals surface area contributed by atoms with Crippen LogP contribution in [0.5, 0.6) is 5.75 Å². The predicted octanol–water partition coefficient (Wildman–Crippen LogP) is 2.09. The molecule has 3 rings (SSSR count). The number of rotatable bonds is 5. The summed E-state index contributed by atoms with van der Waals surface area (Å²) in [7, 11) is 1.57. The number of ether oxygens (including phenoxy) is 1. The highest BCUT2D eigenvalue weighted by Crippen LogP contribution is 2.21. The van der Waals surface area contributed by atoms with E-state index in [1.165, 1.54) is 0 Å². The van der Waals surface area contributed by atoms with Gasteiger partial charge >= 0.3 is 0 Å². The Kier molecular flexibility index (Phi) is 6.14. The number of aromatic nitrogens is 1. The molecule has 1 N–H and O–H groups in total. The molecule has 2 heterocycles. The Labute approximate surface area is 158 Å². The summed E-state index contributed by atoms with van der Waals surface area (Å²) in [6.45, 7) is 1.09. The zero-order valence-corrected chi connectivity index (χ0v) is 15.2. The molecule has 0 spiro atoms. The van der Waals surface area contributed by atoms with Crippen LogP contribution in [-0.2, 0) is 4.79 Å². The van der Waals surface area contributed by atoms with Gasteiger partial charge in [0.1, 0.15) is 5.75 Å². The summed E-state index contributed by atoms with van der Waals surface area (Å²) in [5, 5.41) is 3.99. The number of nitrogens with one attached hydrogen (secondary N) is 1. The van der Waals surface area contributed by atoms with Crippen molar-refractivity contribution in [3.8, 4) is 5.75 Å². The van der Waals surface area contributed by atoms with Gasteiger partial charge in [-0.2, -0.15) is 5.10 Å². The molecule has 2 aromatic rings. The number of hydrogen-bond acceptors (Lipinski definition) is 5. The van der Waals surface area contributed by atoms with Crippen molar-refractivity contribution in [3.05, 3.63) is 59.9 Å².